The van der Waals surface area contributed by atoms with Crippen LogP contribution < -0.4 is 0 Å². The van der Waals surface area contributed by atoms with Gasteiger partial charge in [0.05, 0.1) is 134 Å². The fraction of sp³-hybridized carbons (Fsp3) is 0.191. The Kier molecular flexibility index (Phi) is 33.6. The number of benzene rings is 8. The molecule has 0 bridgehead atoms. The lowest BCUT2D eigenvalue weighted by Crippen LogP contribution is -2.38. The van der Waals surface area contributed by atoms with Gasteiger partial charge in [0.1, 0.15) is 48.8 Å². The van der Waals surface area contributed by atoms with Crippen molar-refractivity contribution in [1.29, 1.82) is 0 Å². The monoisotopic (exact) mass is 1900 g/mol. The van der Waals surface area contributed by atoms with Crippen molar-refractivity contribution in [3.05, 3.63) is 279 Å². The molecule has 8 atom stereocenters. The van der Waals surface area contributed by atoms with E-state index in [1.54, 1.807) is 0 Å². The molecular formula is C89H68O48. The Hall–Kier alpha value is -19.0. The molecule has 0 saturated carbocycles. The van der Waals surface area contributed by atoms with Crippen molar-refractivity contribution in [2.75, 3.05) is 0 Å². The van der Waals surface area contributed by atoms with Gasteiger partial charge in [0.2, 0.25) is 0 Å². The molecule has 48 nitrogen and oxygen atoms in total. The standard InChI is InChI=1S/C89H68O48/c1-34(130-82(122)50-11-3-36(66(90)91)21-58(50)74(106)107)19-44(132-84(124)52-13-5-38(68(94)95)23-60(52)76(110)111)29-46(134-86(126)54-15-7-40(70(98)99)25-62(54)78(114)115)31-48(136-88(128)56-17-9-42(72(102)103)27-64(56)80(118)119)33-49(137-89(129)57-18-10-43(73(104)105)28-65(57)81(120)121)32-47(135-87(127)55-16-8-41(71(100)101)26-63(55)79(116)117)30-45(133-85(125)53-14-6-39(69(96)97)24-61(53)77(112)113)20-35(2)131-83(123)51-12-4-37(67(92)93)22-59(51)75(108)109/h3-18,21-28,34-35,44-49H,19-20,29-33H2,1-2H3,(H,90,91)(H,92,93)(H,94,95)(H,96,97)(H,98,99)(H,100,101)(H,102,103)(H,104,105)(H,106,107)(H,108,109)(H,110,111)(H,112,113)(H,114,115)(H,116,117)(H,118,119)(H,120,121). The zero-order valence-electron chi connectivity index (χ0n) is 69.6. The van der Waals surface area contributed by atoms with Crippen LogP contribution in [0.5, 0.6) is 0 Å². The predicted octanol–water partition coefficient (Wildman–Crippen LogP) is 8.73. The molecule has 0 saturated heterocycles. The molecule has 0 heterocycles. The summed E-state index contributed by atoms with van der Waals surface area (Å²) in [7, 11) is 0. The van der Waals surface area contributed by atoms with E-state index in [9.17, 15) is 178 Å². The summed E-state index contributed by atoms with van der Waals surface area (Å²) in [6.45, 7) is 1.90. The molecule has 48 heteroatoms. The van der Waals surface area contributed by atoms with E-state index in [1.165, 1.54) is 0 Å². The van der Waals surface area contributed by atoms with Crippen LogP contribution in [0, 0.1) is 0 Å². The molecule has 16 N–H and O–H groups in total. The molecule has 8 unspecified atom stereocenters. The van der Waals surface area contributed by atoms with Crippen LogP contribution in [0.4, 0.5) is 0 Å². The van der Waals surface area contributed by atoms with Crippen LogP contribution in [0.1, 0.15) is 307 Å². The van der Waals surface area contributed by atoms with E-state index in [0.29, 0.717) is 133 Å². The maximum absolute atomic E-state index is 15.3. The second-order valence-corrected chi connectivity index (χ2v) is 29.2. The second kappa shape index (κ2) is 44.6. The van der Waals surface area contributed by atoms with E-state index in [0.717, 1.165) is 26.0 Å². The number of carboxylic acid groups (broad SMARTS) is 16. The van der Waals surface area contributed by atoms with Gasteiger partial charge in [-0.2, -0.15) is 0 Å². The van der Waals surface area contributed by atoms with Gasteiger partial charge < -0.3 is 120 Å². The number of aromatic carboxylic acids is 16. The van der Waals surface area contributed by atoms with Gasteiger partial charge in [-0.05, 0) is 159 Å². The van der Waals surface area contributed by atoms with Crippen molar-refractivity contribution in [1.82, 2.24) is 0 Å². The van der Waals surface area contributed by atoms with Gasteiger partial charge in [-0.25, -0.2) is 115 Å². The Morgan fingerprint density at radius 2 is 0.270 bits per heavy atom. The molecule has 8 rings (SSSR count). The first-order valence-corrected chi connectivity index (χ1v) is 38.8. The highest BCUT2D eigenvalue weighted by molar-refractivity contribution is 6.11. The number of rotatable bonds is 46. The van der Waals surface area contributed by atoms with Gasteiger partial charge >= 0.3 is 143 Å². The molecule has 0 aromatic heterocycles. The van der Waals surface area contributed by atoms with Crippen LogP contribution in [0.3, 0.4) is 0 Å². The van der Waals surface area contributed by atoms with Crippen molar-refractivity contribution in [3.8, 4) is 0 Å². The molecule has 137 heavy (non-hydrogen) atoms. The molecular weight excluding hydrogens is 1840 g/mol. The van der Waals surface area contributed by atoms with Crippen molar-refractivity contribution < 1.29 is 235 Å². The van der Waals surface area contributed by atoms with E-state index >= 15 is 19.2 Å². The smallest absolute Gasteiger partial charge is 0.339 e. The normalized spacial score (nSPS) is 12.6. The molecule has 0 spiro atoms. The number of ether oxygens (including phenoxy) is 8. The van der Waals surface area contributed by atoms with Crippen LogP contribution in [-0.4, -0.2) is 274 Å². The number of esters is 8. The van der Waals surface area contributed by atoms with E-state index in [2.05, 4.69) is 0 Å². The zero-order valence-corrected chi connectivity index (χ0v) is 69.6. The number of carbonyl (C=O) groups is 24. The Morgan fingerprint density at radius 1 is 0.161 bits per heavy atom. The topological polar surface area (TPSA) is 807 Å². The minimum Gasteiger partial charge on any atom is -0.478 e. The first kappa shape index (κ1) is 103. The number of hydrogen-bond acceptors (Lipinski definition) is 32. The summed E-state index contributed by atoms with van der Waals surface area (Å²) in [6.07, 6.45) is -28.6. The van der Waals surface area contributed by atoms with Crippen molar-refractivity contribution in [2.45, 2.75) is 108 Å². The van der Waals surface area contributed by atoms with Crippen molar-refractivity contribution >= 4 is 143 Å². The molecule has 0 fully saturated rings. The third-order valence-electron chi connectivity index (χ3n) is 19.8. The second-order valence-electron chi connectivity index (χ2n) is 29.2. The first-order chi connectivity index (χ1) is 64.2. The molecule has 8 aromatic carbocycles. The SMILES string of the molecule is CC(CC(CC(CC(CC(CC(CC(CC(C)OC(=O)c1ccc(C(=O)O)cc1C(=O)O)OC(=O)c1ccc(C(=O)O)cc1C(=O)O)OC(=O)c1ccc(C(=O)O)cc1C(=O)O)OC(=O)c1ccc(C(=O)O)cc1C(=O)O)OC(=O)c1ccc(C(=O)O)cc1C(=O)O)OC(=O)c1ccc(C(=O)O)cc1C(=O)O)OC(=O)c1ccc(C(=O)O)cc1C(=O)O)OC(=O)c1ccc(C(=O)O)cc1C(=O)O. The van der Waals surface area contributed by atoms with Gasteiger partial charge in [0.15, 0.2) is 0 Å². The van der Waals surface area contributed by atoms with E-state index < -0.39 is 371 Å². The lowest BCUT2D eigenvalue weighted by molar-refractivity contribution is -0.0465. The quantitative estimate of drug-likeness (QED) is 0.0125. The van der Waals surface area contributed by atoms with Gasteiger partial charge in [0, 0.05) is 44.9 Å². The fourth-order valence-electron chi connectivity index (χ4n) is 13.5. The molecule has 0 aliphatic heterocycles. The lowest BCUT2D eigenvalue weighted by atomic mass is 9.94. The number of carbonyl (C=O) groups excluding carboxylic acids is 8. The highest BCUT2D eigenvalue weighted by Crippen LogP contribution is 2.33. The van der Waals surface area contributed by atoms with E-state index in [-0.39, 0.29) is 0 Å². The third-order valence-corrected chi connectivity index (χ3v) is 19.8. The van der Waals surface area contributed by atoms with Gasteiger partial charge in [-0.1, -0.05) is 0 Å². The molecule has 712 valence electrons. The number of carboxylic acids is 16. The Labute approximate surface area is 761 Å². The highest BCUT2D eigenvalue weighted by atomic mass is 16.6. The largest absolute Gasteiger partial charge is 0.478 e. The van der Waals surface area contributed by atoms with Crippen LogP contribution >= 0.6 is 0 Å². The fourth-order valence-corrected chi connectivity index (χ4v) is 13.5. The molecule has 0 radical (unpaired) electrons. The maximum Gasteiger partial charge on any atom is 0.339 e. The average molecular weight is 1910 g/mol. The van der Waals surface area contributed by atoms with E-state index in [1.807, 2.05) is 0 Å². The zero-order chi connectivity index (χ0) is 102. The third kappa shape index (κ3) is 26.7. The van der Waals surface area contributed by atoms with Crippen molar-refractivity contribution in [3.63, 3.8) is 0 Å². The lowest BCUT2D eigenvalue weighted by Gasteiger charge is -2.32. The minimum atomic E-state index is -2.66. The predicted molar refractivity (Wildman–Crippen MR) is 440 cm³/mol. The summed E-state index contributed by atoms with van der Waals surface area (Å²) in [5.74, 6) is -45.7. The molecule has 0 amide bonds. The molecule has 0 aliphatic carbocycles. The van der Waals surface area contributed by atoms with Crippen LogP contribution in [0.15, 0.2) is 146 Å². The van der Waals surface area contributed by atoms with Crippen LogP contribution in [0.2, 0.25) is 0 Å². The summed E-state index contributed by atoms with van der Waals surface area (Å²) in [5, 5.41) is 162. The summed E-state index contributed by atoms with van der Waals surface area (Å²) in [5.41, 5.74) is -24.4. The van der Waals surface area contributed by atoms with Crippen LogP contribution in [-0.2, 0) is 37.9 Å². The van der Waals surface area contributed by atoms with Crippen LogP contribution in [0.25, 0.3) is 0 Å². The minimum absolute atomic E-state index is 0.372. The summed E-state index contributed by atoms with van der Waals surface area (Å²) in [6, 6.07) is 13.2. The Morgan fingerprint density at radius 3 is 0.380 bits per heavy atom. The van der Waals surface area contributed by atoms with Gasteiger partial charge in [0.25, 0.3) is 0 Å². The summed E-state index contributed by atoms with van der Waals surface area (Å²) in [4.78, 5) is 320. The molecule has 0 aliphatic rings. The average Bonchev–Trinajstić information content (AvgIpc) is 0.817. The molecule has 8 aromatic rings. The van der Waals surface area contributed by atoms with Crippen molar-refractivity contribution in [2.24, 2.45) is 0 Å². The highest BCUT2D eigenvalue weighted by Gasteiger charge is 2.40. The van der Waals surface area contributed by atoms with Gasteiger partial charge in [-0.3, -0.25) is 0 Å². The van der Waals surface area contributed by atoms with Gasteiger partial charge in [-0.15, -0.1) is 0 Å². The Bertz CT molecular complexity index is 6040. The Balaban J connectivity index is 1.45. The van der Waals surface area contributed by atoms with E-state index in [4.69, 9.17) is 37.9 Å². The summed E-state index contributed by atoms with van der Waals surface area (Å²) >= 11 is 0. The summed E-state index contributed by atoms with van der Waals surface area (Å²) < 4.78 is 46.7. The maximum atomic E-state index is 15.3. The number of hydrogen-bond donors (Lipinski definition) is 16. The first-order valence-electron chi connectivity index (χ1n) is 38.8.